The van der Waals surface area contributed by atoms with Crippen LogP contribution in [0.1, 0.15) is 18.9 Å². The first-order valence-electron chi connectivity index (χ1n) is 6.42. The van der Waals surface area contributed by atoms with Crippen LogP contribution in [0.3, 0.4) is 0 Å². The highest BCUT2D eigenvalue weighted by atomic mass is 16.2. The molecule has 102 valence electrons. The molecule has 19 heavy (non-hydrogen) atoms. The Morgan fingerprint density at radius 3 is 2.68 bits per heavy atom. The quantitative estimate of drug-likeness (QED) is 0.799. The molecule has 1 unspecified atom stereocenters. The minimum Gasteiger partial charge on any atom is -0.354 e. The van der Waals surface area contributed by atoms with Crippen molar-refractivity contribution in [3.8, 4) is 0 Å². The van der Waals surface area contributed by atoms with Crippen LogP contribution in [0.2, 0.25) is 0 Å². The molecule has 3 N–H and O–H groups in total. The third-order valence-electron chi connectivity index (χ3n) is 3.42. The fourth-order valence-electron chi connectivity index (χ4n) is 2.21. The first-order chi connectivity index (χ1) is 9.01. The van der Waals surface area contributed by atoms with Gasteiger partial charge in [0.15, 0.2) is 0 Å². The molecule has 1 atom stereocenters. The van der Waals surface area contributed by atoms with E-state index in [1.54, 1.807) is 11.8 Å². The van der Waals surface area contributed by atoms with Crippen molar-refractivity contribution >= 4 is 11.8 Å². The molecule has 5 heteroatoms. The maximum atomic E-state index is 12.5. The Morgan fingerprint density at radius 1 is 1.32 bits per heavy atom. The minimum absolute atomic E-state index is 0.0197. The summed E-state index contributed by atoms with van der Waals surface area (Å²) in [7, 11) is 0. The van der Waals surface area contributed by atoms with E-state index in [9.17, 15) is 9.59 Å². The zero-order valence-electron chi connectivity index (χ0n) is 11.1. The van der Waals surface area contributed by atoms with E-state index in [1.165, 1.54) is 0 Å². The average molecular weight is 261 g/mol. The van der Waals surface area contributed by atoms with Gasteiger partial charge < -0.3 is 16.0 Å². The lowest BCUT2D eigenvalue weighted by Crippen LogP contribution is -2.51. The summed E-state index contributed by atoms with van der Waals surface area (Å²) < 4.78 is 0. The van der Waals surface area contributed by atoms with Gasteiger partial charge in [0.1, 0.15) is 5.54 Å². The van der Waals surface area contributed by atoms with Crippen LogP contribution >= 0.6 is 0 Å². The van der Waals surface area contributed by atoms with Gasteiger partial charge in [0.05, 0.1) is 0 Å². The lowest BCUT2D eigenvalue weighted by Gasteiger charge is -2.31. The largest absolute Gasteiger partial charge is 0.354 e. The number of rotatable bonds is 2. The molecule has 0 bridgehead atoms. The standard InChI is InChI=1S/C14H19N3O2/c1-14(15,11-5-3-2-4-6-11)13(19)17-9-7-12(18)16-8-10-17/h2-6H,7-10,15H2,1H3,(H,16,18). The molecule has 1 aromatic carbocycles. The van der Waals surface area contributed by atoms with Gasteiger partial charge >= 0.3 is 0 Å². The highest BCUT2D eigenvalue weighted by Crippen LogP contribution is 2.20. The van der Waals surface area contributed by atoms with Crippen LogP contribution in [0.25, 0.3) is 0 Å². The number of nitrogens with one attached hydrogen (secondary N) is 1. The number of hydrogen-bond donors (Lipinski definition) is 2. The normalized spacial score (nSPS) is 19.3. The van der Waals surface area contributed by atoms with Gasteiger partial charge in [-0.15, -0.1) is 0 Å². The predicted molar refractivity (Wildman–Crippen MR) is 72.2 cm³/mol. The van der Waals surface area contributed by atoms with Crippen LogP contribution in [-0.2, 0) is 15.1 Å². The van der Waals surface area contributed by atoms with Crippen LogP contribution in [-0.4, -0.2) is 36.3 Å². The summed E-state index contributed by atoms with van der Waals surface area (Å²) in [6, 6.07) is 9.30. The summed E-state index contributed by atoms with van der Waals surface area (Å²) in [4.78, 5) is 25.5. The molecule has 1 aromatic rings. The van der Waals surface area contributed by atoms with Crippen molar-refractivity contribution in [1.29, 1.82) is 0 Å². The Labute approximate surface area is 112 Å². The van der Waals surface area contributed by atoms with Gasteiger partial charge in [-0.05, 0) is 12.5 Å². The first kappa shape index (κ1) is 13.5. The molecule has 0 aromatic heterocycles. The zero-order chi connectivity index (χ0) is 13.9. The molecule has 2 rings (SSSR count). The lowest BCUT2D eigenvalue weighted by molar-refractivity contribution is -0.136. The fraction of sp³-hybridized carbons (Fsp3) is 0.429. The second-order valence-corrected chi connectivity index (χ2v) is 4.96. The SMILES string of the molecule is CC(N)(C(=O)N1CCNC(=O)CC1)c1ccccc1. The maximum absolute atomic E-state index is 12.5. The first-order valence-corrected chi connectivity index (χ1v) is 6.42. The van der Waals surface area contributed by atoms with Gasteiger partial charge in [0.25, 0.3) is 0 Å². The lowest BCUT2D eigenvalue weighted by atomic mass is 9.91. The molecular formula is C14H19N3O2. The van der Waals surface area contributed by atoms with Gasteiger partial charge in [-0.25, -0.2) is 0 Å². The van der Waals surface area contributed by atoms with Crippen LogP contribution < -0.4 is 11.1 Å². The van der Waals surface area contributed by atoms with E-state index in [1.807, 2.05) is 30.3 Å². The third-order valence-corrected chi connectivity index (χ3v) is 3.42. The average Bonchev–Trinajstić information content (AvgIpc) is 2.63. The Bertz CT molecular complexity index is 471. The van der Waals surface area contributed by atoms with Crippen LogP contribution in [0.5, 0.6) is 0 Å². The van der Waals surface area contributed by atoms with E-state index in [0.29, 0.717) is 26.1 Å². The van der Waals surface area contributed by atoms with Gasteiger partial charge in [-0.3, -0.25) is 9.59 Å². The van der Waals surface area contributed by atoms with Gasteiger partial charge in [-0.1, -0.05) is 30.3 Å². The van der Waals surface area contributed by atoms with E-state index >= 15 is 0 Å². The summed E-state index contributed by atoms with van der Waals surface area (Å²) >= 11 is 0. The molecule has 1 aliphatic rings. The molecule has 0 aliphatic carbocycles. The van der Waals surface area contributed by atoms with Crippen LogP contribution in [0.15, 0.2) is 30.3 Å². The van der Waals surface area contributed by atoms with Crippen LogP contribution in [0.4, 0.5) is 0 Å². The van der Waals surface area contributed by atoms with Crippen molar-refractivity contribution in [2.75, 3.05) is 19.6 Å². The van der Waals surface area contributed by atoms with Crippen molar-refractivity contribution in [3.05, 3.63) is 35.9 Å². The molecule has 1 fully saturated rings. The highest BCUT2D eigenvalue weighted by molar-refractivity contribution is 5.88. The Morgan fingerprint density at radius 2 is 2.00 bits per heavy atom. The number of carbonyl (C=O) groups is 2. The molecule has 0 saturated carbocycles. The van der Waals surface area contributed by atoms with E-state index in [4.69, 9.17) is 5.73 Å². The molecule has 1 aliphatic heterocycles. The summed E-state index contributed by atoms with van der Waals surface area (Å²) in [5.41, 5.74) is 5.92. The Hall–Kier alpha value is -1.88. The molecule has 0 spiro atoms. The van der Waals surface area contributed by atoms with Crippen molar-refractivity contribution in [3.63, 3.8) is 0 Å². The molecular weight excluding hydrogens is 242 g/mol. The van der Waals surface area contributed by atoms with Crippen molar-refractivity contribution < 1.29 is 9.59 Å². The molecule has 1 heterocycles. The van der Waals surface area contributed by atoms with Gasteiger partial charge in [-0.2, -0.15) is 0 Å². The molecule has 5 nitrogen and oxygen atoms in total. The number of carbonyl (C=O) groups excluding carboxylic acids is 2. The number of hydrogen-bond acceptors (Lipinski definition) is 3. The number of benzene rings is 1. The molecule has 1 saturated heterocycles. The summed E-state index contributed by atoms with van der Waals surface area (Å²) in [5, 5.41) is 2.75. The van der Waals surface area contributed by atoms with Crippen molar-refractivity contribution in [1.82, 2.24) is 10.2 Å². The Kier molecular flexibility index (Phi) is 3.85. The molecule has 2 amide bonds. The van der Waals surface area contributed by atoms with E-state index in [0.717, 1.165) is 5.56 Å². The van der Waals surface area contributed by atoms with Crippen LogP contribution in [0, 0.1) is 0 Å². The topological polar surface area (TPSA) is 75.4 Å². The number of amides is 2. The third kappa shape index (κ3) is 2.93. The predicted octanol–water partition coefficient (Wildman–Crippen LogP) is 0.209. The summed E-state index contributed by atoms with van der Waals surface area (Å²) in [6.45, 7) is 3.12. The summed E-state index contributed by atoms with van der Waals surface area (Å²) in [6.07, 6.45) is 0.330. The van der Waals surface area contributed by atoms with E-state index in [-0.39, 0.29) is 11.8 Å². The van der Waals surface area contributed by atoms with Crippen molar-refractivity contribution in [2.24, 2.45) is 5.73 Å². The second-order valence-electron chi connectivity index (χ2n) is 4.96. The molecule has 0 radical (unpaired) electrons. The highest BCUT2D eigenvalue weighted by Gasteiger charge is 2.34. The Balaban J connectivity index is 2.16. The fourth-order valence-corrected chi connectivity index (χ4v) is 2.21. The maximum Gasteiger partial charge on any atom is 0.247 e. The van der Waals surface area contributed by atoms with Gasteiger partial charge in [0.2, 0.25) is 11.8 Å². The second kappa shape index (κ2) is 5.40. The number of nitrogens with two attached hydrogens (primary N) is 1. The minimum atomic E-state index is -1.06. The van der Waals surface area contributed by atoms with E-state index in [2.05, 4.69) is 5.32 Å². The smallest absolute Gasteiger partial charge is 0.247 e. The number of nitrogens with zero attached hydrogens (tertiary/aromatic N) is 1. The summed E-state index contributed by atoms with van der Waals surface area (Å²) in [5.74, 6) is -0.163. The monoisotopic (exact) mass is 261 g/mol. The van der Waals surface area contributed by atoms with E-state index < -0.39 is 5.54 Å². The van der Waals surface area contributed by atoms with Crippen molar-refractivity contribution in [2.45, 2.75) is 18.9 Å². The van der Waals surface area contributed by atoms with Gasteiger partial charge in [0, 0.05) is 26.1 Å². The zero-order valence-corrected chi connectivity index (χ0v) is 11.1.